The summed E-state index contributed by atoms with van der Waals surface area (Å²) in [4.78, 5) is 30.0. The molecule has 3 aromatic rings. The van der Waals surface area contributed by atoms with Crippen LogP contribution in [0, 0.1) is 20.8 Å². The van der Waals surface area contributed by atoms with E-state index in [9.17, 15) is 9.59 Å². The summed E-state index contributed by atoms with van der Waals surface area (Å²) < 4.78 is 1.84. The Bertz CT molecular complexity index is 1200. The zero-order valence-corrected chi connectivity index (χ0v) is 18.5. The Hall–Kier alpha value is -2.86. The molecule has 0 radical (unpaired) electrons. The molecule has 30 heavy (non-hydrogen) atoms. The van der Waals surface area contributed by atoms with Crippen LogP contribution in [-0.4, -0.2) is 15.5 Å². The minimum Gasteiger partial charge on any atom is -0.312 e. The smallest absolute Gasteiger partial charge is 0.279 e. The minimum atomic E-state index is -0.282. The molecule has 0 saturated heterocycles. The minimum absolute atomic E-state index is 0.0801. The zero-order chi connectivity index (χ0) is 21.4. The van der Waals surface area contributed by atoms with Gasteiger partial charge in [0.15, 0.2) is 5.16 Å². The van der Waals surface area contributed by atoms with Crippen LogP contribution in [0.3, 0.4) is 0 Å². The molecule has 0 fully saturated rings. The Morgan fingerprint density at radius 1 is 1.10 bits per heavy atom. The zero-order valence-electron chi connectivity index (χ0n) is 17.7. The van der Waals surface area contributed by atoms with Crippen molar-refractivity contribution in [1.29, 1.82) is 0 Å². The van der Waals surface area contributed by atoms with E-state index in [1.54, 1.807) is 0 Å². The molecular weight excluding hydrogens is 394 g/mol. The fraction of sp³-hybridized carbons (Fsp3) is 0.292. The van der Waals surface area contributed by atoms with Crippen molar-refractivity contribution in [2.45, 2.75) is 44.0 Å². The lowest BCUT2D eigenvalue weighted by Crippen LogP contribution is -2.33. The van der Waals surface area contributed by atoms with Gasteiger partial charge in [-0.2, -0.15) is 4.98 Å². The summed E-state index contributed by atoms with van der Waals surface area (Å²) in [7, 11) is 1.86. The number of amides is 1. The Labute approximate surface area is 180 Å². The topological polar surface area (TPSA) is 64.0 Å². The predicted molar refractivity (Wildman–Crippen MR) is 121 cm³/mol. The Balaban J connectivity index is 1.75. The fourth-order valence-corrected chi connectivity index (χ4v) is 5.10. The van der Waals surface area contributed by atoms with Crippen molar-refractivity contribution in [2.75, 3.05) is 5.32 Å². The van der Waals surface area contributed by atoms with Crippen molar-refractivity contribution in [3.05, 3.63) is 86.2 Å². The number of thioether (sulfide) groups is 1. The molecule has 1 aliphatic heterocycles. The number of hydrogen-bond donors (Lipinski definition) is 1. The highest BCUT2D eigenvalue weighted by Gasteiger charge is 2.32. The number of hydrogen-bond acceptors (Lipinski definition) is 4. The van der Waals surface area contributed by atoms with Crippen LogP contribution >= 0.6 is 11.8 Å². The largest absolute Gasteiger partial charge is 0.312 e. The second-order valence-corrected chi connectivity index (χ2v) is 8.84. The van der Waals surface area contributed by atoms with E-state index in [-0.39, 0.29) is 23.8 Å². The highest BCUT2D eigenvalue weighted by molar-refractivity contribution is 7.98. The summed E-state index contributed by atoms with van der Waals surface area (Å²) in [6.45, 7) is 6.14. The van der Waals surface area contributed by atoms with E-state index >= 15 is 0 Å². The van der Waals surface area contributed by atoms with Gasteiger partial charge in [0.05, 0.1) is 5.56 Å². The van der Waals surface area contributed by atoms with Crippen LogP contribution in [0.5, 0.6) is 0 Å². The van der Waals surface area contributed by atoms with Crippen LogP contribution in [0.15, 0.2) is 52.4 Å². The van der Waals surface area contributed by atoms with Gasteiger partial charge in [0, 0.05) is 25.1 Å². The van der Waals surface area contributed by atoms with Gasteiger partial charge in [-0.25, -0.2) is 0 Å². The number of nitrogens with zero attached hydrogens (tertiary/aromatic N) is 2. The summed E-state index contributed by atoms with van der Waals surface area (Å²) in [6, 6.07) is 14.3. The monoisotopic (exact) mass is 419 g/mol. The summed E-state index contributed by atoms with van der Waals surface area (Å²) in [6.07, 6.45) is 0.253. The lowest BCUT2D eigenvalue weighted by Gasteiger charge is -2.28. The molecule has 4 rings (SSSR count). The molecule has 1 unspecified atom stereocenters. The first-order valence-corrected chi connectivity index (χ1v) is 11.0. The van der Waals surface area contributed by atoms with E-state index in [1.807, 2.05) is 49.7 Å². The third kappa shape index (κ3) is 3.79. The van der Waals surface area contributed by atoms with Crippen LogP contribution in [0.1, 0.15) is 45.7 Å². The first kappa shape index (κ1) is 20.4. The van der Waals surface area contributed by atoms with Crippen LogP contribution in [0.2, 0.25) is 0 Å². The van der Waals surface area contributed by atoms with Crippen molar-refractivity contribution >= 4 is 23.5 Å². The molecule has 154 valence electrons. The Kier molecular flexibility index (Phi) is 5.52. The lowest BCUT2D eigenvalue weighted by molar-refractivity contribution is -0.116. The number of carbonyl (C=O) groups excluding carboxylic acids is 1. The number of benzene rings is 2. The van der Waals surface area contributed by atoms with Gasteiger partial charge < -0.3 is 9.88 Å². The molecule has 0 aliphatic carbocycles. The summed E-state index contributed by atoms with van der Waals surface area (Å²) in [5.41, 5.74) is 5.97. The molecule has 2 aromatic carbocycles. The average molecular weight is 420 g/mol. The van der Waals surface area contributed by atoms with E-state index in [0.29, 0.717) is 22.3 Å². The lowest BCUT2D eigenvalue weighted by atomic mass is 9.84. The van der Waals surface area contributed by atoms with Gasteiger partial charge in [-0.1, -0.05) is 59.8 Å². The third-order valence-electron chi connectivity index (χ3n) is 5.72. The van der Waals surface area contributed by atoms with Gasteiger partial charge in [-0.05, 0) is 43.0 Å². The van der Waals surface area contributed by atoms with Crippen LogP contribution < -0.4 is 10.9 Å². The van der Waals surface area contributed by atoms with Crippen molar-refractivity contribution in [1.82, 2.24) is 9.55 Å². The number of nitrogens with one attached hydrogen (secondary N) is 1. The normalized spacial score (nSPS) is 15.6. The molecule has 0 spiro atoms. The Morgan fingerprint density at radius 3 is 2.60 bits per heavy atom. The van der Waals surface area contributed by atoms with Crippen LogP contribution in [0.25, 0.3) is 0 Å². The number of rotatable bonds is 4. The summed E-state index contributed by atoms with van der Waals surface area (Å²) in [5, 5.41) is 3.52. The molecule has 1 N–H and O–H groups in total. The highest BCUT2D eigenvalue weighted by atomic mass is 32.2. The van der Waals surface area contributed by atoms with E-state index in [1.165, 1.54) is 22.9 Å². The van der Waals surface area contributed by atoms with Crippen molar-refractivity contribution in [3.63, 3.8) is 0 Å². The first-order chi connectivity index (χ1) is 14.3. The SMILES string of the molecule is Cc1ccc(C2CC(=O)Nc3c2c(=O)nc(SCc2ccccc2C)n3C)c(C)c1. The van der Waals surface area contributed by atoms with Crippen LogP contribution in [-0.2, 0) is 17.6 Å². The summed E-state index contributed by atoms with van der Waals surface area (Å²) >= 11 is 1.51. The molecule has 1 atom stereocenters. The van der Waals surface area contributed by atoms with Gasteiger partial charge in [0.25, 0.3) is 5.56 Å². The van der Waals surface area contributed by atoms with Crippen molar-refractivity contribution in [2.24, 2.45) is 7.05 Å². The second kappa shape index (κ2) is 8.11. The summed E-state index contributed by atoms with van der Waals surface area (Å²) in [5.74, 6) is 0.906. The number of anilines is 1. The molecule has 2 heterocycles. The van der Waals surface area contributed by atoms with E-state index < -0.39 is 0 Å². The standard InChI is InChI=1S/C24H25N3O2S/c1-14-9-10-18(16(3)11-14)19-12-20(28)25-22-21(19)23(29)26-24(27(22)4)30-13-17-8-6-5-7-15(17)2/h5-11,19H,12-13H2,1-4H3,(H,25,28). The van der Waals surface area contributed by atoms with E-state index in [4.69, 9.17) is 0 Å². The second-order valence-electron chi connectivity index (χ2n) is 7.90. The maximum atomic E-state index is 13.1. The van der Waals surface area contributed by atoms with Crippen molar-refractivity contribution < 1.29 is 4.79 Å². The molecular formula is C24H25N3O2S. The van der Waals surface area contributed by atoms with Crippen molar-refractivity contribution in [3.8, 4) is 0 Å². The highest BCUT2D eigenvalue weighted by Crippen LogP contribution is 2.37. The first-order valence-electron chi connectivity index (χ1n) is 10.0. The number of aryl methyl sites for hydroxylation is 3. The van der Waals surface area contributed by atoms with Gasteiger partial charge in [-0.15, -0.1) is 0 Å². The van der Waals surface area contributed by atoms with Gasteiger partial charge in [-0.3, -0.25) is 9.59 Å². The fourth-order valence-electron chi connectivity index (χ4n) is 4.06. The number of aromatic nitrogens is 2. The molecule has 1 aliphatic rings. The Morgan fingerprint density at radius 2 is 1.87 bits per heavy atom. The maximum absolute atomic E-state index is 13.1. The van der Waals surface area contributed by atoms with E-state index in [2.05, 4.69) is 35.4 Å². The van der Waals surface area contributed by atoms with Crippen LogP contribution in [0.4, 0.5) is 5.82 Å². The van der Waals surface area contributed by atoms with Gasteiger partial charge in [0.2, 0.25) is 5.91 Å². The maximum Gasteiger partial charge on any atom is 0.279 e. The molecule has 1 aromatic heterocycles. The molecule has 1 amide bonds. The molecule has 5 nitrogen and oxygen atoms in total. The number of carbonyl (C=O) groups is 1. The molecule has 6 heteroatoms. The van der Waals surface area contributed by atoms with Gasteiger partial charge >= 0.3 is 0 Å². The molecule has 0 bridgehead atoms. The third-order valence-corrected chi connectivity index (χ3v) is 6.80. The molecule has 0 saturated carbocycles. The predicted octanol–water partition coefficient (Wildman–Crippen LogP) is 4.47. The average Bonchev–Trinajstić information content (AvgIpc) is 2.70. The number of fused-ring (bicyclic) bond motifs is 1. The quantitative estimate of drug-likeness (QED) is 0.501. The van der Waals surface area contributed by atoms with Gasteiger partial charge in [0.1, 0.15) is 5.82 Å². The van der Waals surface area contributed by atoms with E-state index in [0.717, 1.165) is 16.7 Å².